The van der Waals surface area contributed by atoms with E-state index in [4.69, 9.17) is 9.47 Å². The largest absolute Gasteiger partial charge is 0.388 e. The normalized spacial score (nSPS) is 18.9. The molecule has 2 N–H and O–H groups in total. The van der Waals surface area contributed by atoms with Crippen LogP contribution in [0.4, 0.5) is 17.1 Å². The zero-order valence-electron chi connectivity index (χ0n) is 10.7. The first kappa shape index (κ1) is 13.6. The molecule has 1 aromatic rings. The van der Waals surface area contributed by atoms with E-state index in [-0.39, 0.29) is 11.8 Å². The van der Waals surface area contributed by atoms with E-state index < -0.39 is 4.92 Å². The van der Waals surface area contributed by atoms with E-state index in [2.05, 4.69) is 10.6 Å². The van der Waals surface area contributed by atoms with Gasteiger partial charge >= 0.3 is 0 Å². The first-order valence-electron chi connectivity index (χ1n) is 6.09. The molecule has 0 spiro atoms. The fourth-order valence-corrected chi connectivity index (χ4v) is 1.85. The first-order chi connectivity index (χ1) is 9.19. The molecule has 0 aromatic heterocycles. The van der Waals surface area contributed by atoms with Gasteiger partial charge in [0.05, 0.1) is 30.8 Å². The molecule has 2 rings (SSSR count). The van der Waals surface area contributed by atoms with E-state index in [1.165, 1.54) is 12.1 Å². The van der Waals surface area contributed by atoms with Gasteiger partial charge in [0.1, 0.15) is 0 Å². The average molecular weight is 267 g/mol. The summed E-state index contributed by atoms with van der Waals surface area (Å²) in [5, 5.41) is 16.9. The third kappa shape index (κ3) is 3.80. The molecule has 19 heavy (non-hydrogen) atoms. The quantitative estimate of drug-likeness (QED) is 0.620. The molecule has 1 aromatic carbocycles. The van der Waals surface area contributed by atoms with E-state index in [9.17, 15) is 10.1 Å². The Balaban J connectivity index is 2.02. The zero-order chi connectivity index (χ0) is 13.7. The second-order valence-electron chi connectivity index (χ2n) is 4.22. The van der Waals surface area contributed by atoms with Gasteiger partial charge in [0.2, 0.25) is 0 Å². The lowest BCUT2D eigenvalue weighted by atomic mass is 10.2. The highest BCUT2D eigenvalue weighted by atomic mass is 16.6. The molecule has 1 aliphatic heterocycles. The Bertz CT molecular complexity index is 447. The molecule has 0 amide bonds. The van der Waals surface area contributed by atoms with Crippen molar-refractivity contribution in [3.8, 4) is 0 Å². The van der Waals surface area contributed by atoms with Gasteiger partial charge in [-0.05, 0) is 6.07 Å². The van der Waals surface area contributed by atoms with Crippen LogP contribution in [0.15, 0.2) is 18.2 Å². The summed E-state index contributed by atoms with van der Waals surface area (Å²) < 4.78 is 10.8. The van der Waals surface area contributed by atoms with E-state index >= 15 is 0 Å². The minimum Gasteiger partial charge on any atom is -0.388 e. The zero-order valence-corrected chi connectivity index (χ0v) is 10.7. The highest BCUT2D eigenvalue weighted by Crippen LogP contribution is 2.24. The van der Waals surface area contributed by atoms with Crippen LogP contribution in [0.5, 0.6) is 0 Å². The van der Waals surface area contributed by atoms with Crippen LogP contribution in [0.1, 0.15) is 0 Å². The smallest absolute Gasteiger partial charge is 0.273 e. The van der Waals surface area contributed by atoms with Crippen LogP contribution >= 0.6 is 0 Å². The highest BCUT2D eigenvalue weighted by molar-refractivity contribution is 5.63. The van der Waals surface area contributed by atoms with Gasteiger partial charge in [-0.25, -0.2) is 0 Å². The molecule has 0 aliphatic carbocycles. The van der Waals surface area contributed by atoms with E-state index in [1.54, 1.807) is 7.05 Å². The summed E-state index contributed by atoms with van der Waals surface area (Å²) in [5.41, 5.74) is 1.43. The Morgan fingerprint density at radius 3 is 2.79 bits per heavy atom. The third-order valence-electron chi connectivity index (χ3n) is 2.84. The molecule has 1 unspecified atom stereocenters. The lowest BCUT2D eigenvalue weighted by molar-refractivity contribution is -0.384. The van der Waals surface area contributed by atoms with Crippen molar-refractivity contribution in [3.63, 3.8) is 0 Å². The monoisotopic (exact) mass is 267 g/mol. The Labute approximate surface area is 111 Å². The molecule has 1 aliphatic rings. The number of ether oxygens (including phenoxy) is 2. The van der Waals surface area contributed by atoms with E-state index in [1.807, 2.05) is 6.07 Å². The van der Waals surface area contributed by atoms with Crippen molar-refractivity contribution in [1.29, 1.82) is 0 Å². The maximum absolute atomic E-state index is 10.8. The molecule has 7 heteroatoms. The van der Waals surface area contributed by atoms with Crippen LogP contribution in [0.2, 0.25) is 0 Å². The molecule has 0 bridgehead atoms. The number of anilines is 2. The van der Waals surface area contributed by atoms with Crippen molar-refractivity contribution in [3.05, 3.63) is 28.3 Å². The summed E-state index contributed by atoms with van der Waals surface area (Å²) in [6.45, 7) is 2.31. The second-order valence-corrected chi connectivity index (χ2v) is 4.22. The Kier molecular flexibility index (Phi) is 4.53. The number of nitrogens with one attached hydrogen (secondary N) is 2. The standard InChI is InChI=1S/C12H17N3O4/c1-13-9-4-10(6-11(5-9)15(16)17)14-7-12-8-18-2-3-19-12/h4-6,12-14H,2-3,7-8H2,1H3. The van der Waals surface area contributed by atoms with Gasteiger partial charge in [-0.15, -0.1) is 0 Å². The van der Waals surface area contributed by atoms with Crippen LogP contribution < -0.4 is 10.6 Å². The molecular weight excluding hydrogens is 250 g/mol. The molecule has 1 fully saturated rings. The minimum absolute atomic E-state index is 0.0222. The maximum Gasteiger partial charge on any atom is 0.273 e. The summed E-state index contributed by atoms with van der Waals surface area (Å²) >= 11 is 0. The van der Waals surface area contributed by atoms with Crippen molar-refractivity contribution in [2.24, 2.45) is 0 Å². The van der Waals surface area contributed by atoms with Crippen LogP contribution in [-0.4, -0.2) is 44.4 Å². The number of benzene rings is 1. The Morgan fingerprint density at radius 2 is 2.16 bits per heavy atom. The van der Waals surface area contributed by atoms with Crippen LogP contribution in [-0.2, 0) is 9.47 Å². The van der Waals surface area contributed by atoms with Crippen molar-refractivity contribution < 1.29 is 14.4 Å². The molecule has 1 atom stereocenters. The summed E-state index contributed by atoms with van der Waals surface area (Å²) in [6.07, 6.45) is -0.0222. The SMILES string of the molecule is CNc1cc(NCC2COCCO2)cc([N+](=O)[O-])c1. The summed E-state index contributed by atoms with van der Waals surface area (Å²) in [5.74, 6) is 0. The topological polar surface area (TPSA) is 85.7 Å². The Morgan fingerprint density at radius 1 is 1.37 bits per heavy atom. The molecule has 7 nitrogen and oxygen atoms in total. The number of non-ortho nitro benzene ring substituents is 1. The molecule has 104 valence electrons. The van der Waals surface area contributed by atoms with Gasteiger partial charge in [0.15, 0.2) is 0 Å². The molecule has 0 radical (unpaired) electrons. The van der Waals surface area contributed by atoms with Gasteiger partial charge in [0.25, 0.3) is 5.69 Å². The molecule has 1 heterocycles. The van der Waals surface area contributed by atoms with Crippen LogP contribution in [0.25, 0.3) is 0 Å². The van der Waals surface area contributed by atoms with Gasteiger partial charge in [-0.3, -0.25) is 10.1 Å². The van der Waals surface area contributed by atoms with Crippen molar-refractivity contribution >= 4 is 17.1 Å². The summed E-state index contributed by atoms with van der Waals surface area (Å²) in [7, 11) is 1.72. The van der Waals surface area contributed by atoms with Gasteiger partial charge in [-0.2, -0.15) is 0 Å². The van der Waals surface area contributed by atoms with Gasteiger partial charge in [0, 0.05) is 37.1 Å². The second kappa shape index (κ2) is 6.35. The van der Waals surface area contributed by atoms with E-state index in [0.29, 0.717) is 37.7 Å². The first-order valence-corrected chi connectivity index (χ1v) is 6.09. The highest BCUT2D eigenvalue weighted by Gasteiger charge is 2.15. The molecule has 0 saturated carbocycles. The lowest BCUT2D eigenvalue weighted by Gasteiger charge is -2.23. The third-order valence-corrected chi connectivity index (χ3v) is 2.84. The minimum atomic E-state index is -0.410. The predicted octanol–water partition coefficient (Wildman–Crippen LogP) is 1.46. The van der Waals surface area contributed by atoms with Crippen molar-refractivity contribution in [2.45, 2.75) is 6.10 Å². The number of hydrogen-bond acceptors (Lipinski definition) is 6. The van der Waals surface area contributed by atoms with Gasteiger partial charge < -0.3 is 20.1 Å². The number of rotatable bonds is 5. The predicted molar refractivity (Wildman–Crippen MR) is 71.7 cm³/mol. The number of nitro benzene ring substituents is 1. The number of hydrogen-bond donors (Lipinski definition) is 2. The number of nitrogens with zero attached hydrogens (tertiary/aromatic N) is 1. The molecular formula is C12H17N3O4. The summed E-state index contributed by atoms with van der Waals surface area (Å²) in [6, 6.07) is 4.81. The average Bonchev–Trinajstić information content (AvgIpc) is 2.45. The maximum atomic E-state index is 10.8. The molecule has 1 saturated heterocycles. The van der Waals surface area contributed by atoms with Crippen LogP contribution in [0.3, 0.4) is 0 Å². The lowest BCUT2D eigenvalue weighted by Crippen LogP contribution is -2.34. The van der Waals surface area contributed by atoms with Crippen LogP contribution in [0, 0.1) is 10.1 Å². The number of nitro groups is 1. The fourth-order valence-electron chi connectivity index (χ4n) is 1.85. The van der Waals surface area contributed by atoms with Gasteiger partial charge in [-0.1, -0.05) is 0 Å². The summed E-state index contributed by atoms with van der Waals surface area (Å²) in [4.78, 5) is 10.4. The van der Waals surface area contributed by atoms with E-state index in [0.717, 1.165) is 0 Å². The Hall–Kier alpha value is -1.86. The van der Waals surface area contributed by atoms with Crippen molar-refractivity contribution in [2.75, 3.05) is 44.0 Å². The van der Waals surface area contributed by atoms with Crippen molar-refractivity contribution in [1.82, 2.24) is 0 Å². The fraction of sp³-hybridized carbons (Fsp3) is 0.500.